The molecule has 1 saturated carbocycles. The van der Waals surface area contributed by atoms with Gasteiger partial charge < -0.3 is 4.98 Å². The first kappa shape index (κ1) is 14.3. The molecule has 116 valence electrons. The van der Waals surface area contributed by atoms with Crippen molar-refractivity contribution >= 4 is 17.5 Å². The second-order valence-electron chi connectivity index (χ2n) is 5.57. The van der Waals surface area contributed by atoms with E-state index in [-0.39, 0.29) is 5.78 Å². The molecule has 1 fully saturated rings. The Bertz CT molecular complexity index is 807. The number of para-hydroxylation sites is 1. The Balaban J connectivity index is 1.54. The van der Waals surface area contributed by atoms with E-state index in [1.807, 2.05) is 41.1 Å². The summed E-state index contributed by atoms with van der Waals surface area (Å²) >= 11 is 1.39. The van der Waals surface area contributed by atoms with Crippen molar-refractivity contribution in [3.8, 4) is 5.69 Å². The summed E-state index contributed by atoms with van der Waals surface area (Å²) in [6.45, 7) is 0. The third-order valence-electron chi connectivity index (χ3n) is 3.79. The Hall–Kier alpha value is -2.34. The number of rotatable bonds is 6. The van der Waals surface area contributed by atoms with Crippen molar-refractivity contribution in [2.75, 3.05) is 5.75 Å². The van der Waals surface area contributed by atoms with Gasteiger partial charge in [-0.15, -0.1) is 5.10 Å². The van der Waals surface area contributed by atoms with Crippen LogP contribution in [-0.4, -0.2) is 31.3 Å². The number of benzene rings is 1. The van der Waals surface area contributed by atoms with Gasteiger partial charge in [0.2, 0.25) is 5.16 Å². The Kier molecular flexibility index (Phi) is 3.75. The summed E-state index contributed by atoms with van der Waals surface area (Å²) in [5.74, 6) is 1.90. The van der Waals surface area contributed by atoms with E-state index in [1.54, 1.807) is 12.3 Å². The van der Waals surface area contributed by atoms with Crippen LogP contribution in [0.2, 0.25) is 0 Å². The highest BCUT2D eigenvalue weighted by Crippen LogP contribution is 2.40. The molecule has 0 unspecified atom stereocenters. The summed E-state index contributed by atoms with van der Waals surface area (Å²) in [6.07, 6.45) is 4.08. The number of aromatic nitrogens is 4. The molecule has 1 N–H and O–H groups in total. The number of carbonyl (C=O) groups is 1. The second-order valence-corrected chi connectivity index (χ2v) is 6.51. The van der Waals surface area contributed by atoms with Crippen LogP contribution in [0.3, 0.4) is 0 Å². The summed E-state index contributed by atoms with van der Waals surface area (Å²) in [5, 5.41) is 5.26. The lowest BCUT2D eigenvalue weighted by atomic mass is 10.3. The highest BCUT2D eigenvalue weighted by atomic mass is 32.2. The minimum atomic E-state index is 0.0593. The van der Waals surface area contributed by atoms with Gasteiger partial charge in [-0.1, -0.05) is 30.0 Å². The molecule has 4 rings (SSSR count). The minimum absolute atomic E-state index is 0.0593. The maximum Gasteiger partial charge on any atom is 0.209 e. The largest absolute Gasteiger partial charge is 0.359 e. The van der Waals surface area contributed by atoms with Crippen LogP contribution in [0.1, 0.15) is 35.1 Å². The zero-order valence-electron chi connectivity index (χ0n) is 12.5. The Morgan fingerprint density at radius 2 is 2.04 bits per heavy atom. The van der Waals surface area contributed by atoms with Crippen LogP contribution < -0.4 is 0 Å². The van der Waals surface area contributed by atoms with Gasteiger partial charge in [0.05, 0.1) is 17.1 Å². The van der Waals surface area contributed by atoms with E-state index in [9.17, 15) is 4.79 Å². The summed E-state index contributed by atoms with van der Waals surface area (Å²) < 4.78 is 1.92. The summed E-state index contributed by atoms with van der Waals surface area (Å²) in [7, 11) is 0. The van der Waals surface area contributed by atoms with Crippen LogP contribution in [0.15, 0.2) is 53.8 Å². The van der Waals surface area contributed by atoms with Crippen LogP contribution in [0.25, 0.3) is 5.69 Å². The van der Waals surface area contributed by atoms with Gasteiger partial charge in [-0.05, 0) is 37.1 Å². The molecular weight excluding hydrogens is 308 g/mol. The molecule has 5 nitrogen and oxygen atoms in total. The van der Waals surface area contributed by atoms with E-state index in [1.165, 1.54) is 11.8 Å². The summed E-state index contributed by atoms with van der Waals surface area (Å²) in [4.78, 5) is 19.7. The smallest absolute Gasteiger partial charge is 0.209 e. The van der Waals surface area contributed by atoms with Gasteiger partial charge in [-0.2, -0.15) is 0 Å². The first-order chi connectivity index (χ1) is 11.3. The highest BCUT2D eigenvalue weighted by Gasteiger charge is 2.30. The quantitative estimate of drug-likeness (QED) is 0.557. The molecule has 1 aliphatic carbocycles. The number of H-pyrrole nitrogens is 1. The SMILES string of the molecule is O=C(CSc1nc(C2CC2)n(-c2ccccc2)n1)c1ccc[nH]1. The Morgan fingerprint density at radius 3 is 2.74 bits per heavy atom. The van der Waals surface area contributed by atoms with Gasteiger partial charge in [-0.25, -0.2) is 9.67 Å². The number of thioether (sulfide) groups is 1. The number of Topliss-reactive ketones (excluding diaryl/α,β-unsaturated/α-hetero) is 1. The molecule has 0 bridgehead atoms. The first-order valence-electron chi connectivity index (χ1n) is 7.63. The number of aromatic amines is 1. The van der Waals surface area contributed by atoms with E-state index >= 15 is 0 Å². The topological polar surface area (TPSA) is 63.6 Å². The number of nitrogens with one attached hydrogen (secondary N) is 1. The fourth-order valence-electron chi connectivity index (χ4n) is 2.44. The Morgan fingerprint density at radius 1 is 1.22 bits per heavy atom. The highest BCUT2D eigenvalue weighted by molar-refractivity contribution is 7.99. The van der Waals surface area contributed by atoms with Crippen molar-refractivity contribution in [2.45, 2.75) is 23.9 Å². The van der Waals surface area contributed by atoms with E-state index in [0.29, 0.717) is 22.5 Å². The van der Waals surface area contributed by atoms with Crippen LogP contribution in [0, 0.1) is 0 Å². The number of ketones is 1. The standard InChI is InChI=1S/C17H16N4OS/c22-15(14-7-4-10-18-14)11-23-17-19-16(12-8-9-12)21(20-17)13-5-2-1-3-6-13/h1-7,10,12,18H,8-9,11H2. The maximum absolute atomic E-state index is 12.1. The lowest BCUT2D eigenvalue weighted by molar-refractivity contribution is 0.101. The zero-order chi connectivity index (χ0) is 15.6. The van der Waals surface area contributed by atoms with E-state index in [0.717, 1.165) is 24.4 Å². The second kappa shape index (κ2) is 6.04. The normalized spacial score (nSPS) is 14.1. The third-order valence-corrected chi connectivity index (χ3v) is 4.62. The summed E-state index contributed by atoms with van der Waals surface area (Å²) in [6, 6.07) is 13.6. The van der Waals surface area contributed by atoms with Crippen molar-refractivity contribution in [3.05, 3.63) is 60.2 Å². The van der Waals surface area contributed by atoms with Crippen LogP contribution in [0.5, 0.6) is 0 Å². The molecule has 2 aromatic heterocycles. The molecule has 6 heteroatoms. The summed E-state index contributed by atoms with van der Waals surface area (Å²) in [5.41, 5.74) is 1.65. The molecule has 0 aliphatic heterocycles. The molecule has 2 heterocycles. The van der Waals surface area contributed by atoms with Gasteiger partial charge in [0, 0.05) is 12.1 Å². The minimum Gasteiger partial charge on any atom is -0.359 e. The van der Waals surface area contributed by atoms with Crippen molar-refractivity contribution in [2.24, 2.45) is 0 Å². The zero-order valence-corrected chi connectivity index (χ0v) is 13.3. The average Bonchev–Trinajstić information content (AvgIpc) is 3.13. The van der Waals surface area contributed by atoms with Gasteiger partial charge >= 0.3 is 0 Å². The van der Waals surface area contributed by atoms with Crippen molar-refractivity contribution < 1.29 is 4.79 Å². The van der Waals surface area contributed by atoms with Crippen LogP contribution in [0.4, 0.5) is 0 Å². The lowest BCUT2D eigenvalue weighted by Gasteiger charge is -2.03. The van der Waals surface area contributed by atoms with E-state index in [4.69, 9.17) is 0 Å². The van der Waals surface area contributed by atoms with Gasteiger partial charge in [0.1, 0.15) is 5.82 Å². The molecule has 23 heavy (non-hydrogen) atoms. The number of nitrogens with zero attached hydrogens (tertiary/aromatic N) is 3. The fraction of sp³-hybridized carbons (Fsp3) is 0.235. The molecule has 1 aromatic carbocycles. The van der Waals surface area contributed by atoms with E-state index in [2.05, 4.69) is 15.1 Å². The number of hydrogen-bond donors (Lipinski definition) is 1. The molecule has 1 aliphatic rings. The average molecular weight is 324 g/mol. The van der Waals surface area contributed by atoms with Crippen molar-refractivity contribution in [1.82, 2.24) is 19.7 Å². The maximum atomic E-state index is 12.1. The predicted molar refractivity (Wildman–Crippen MR) is 89.2 cm³/mol. The van der Waals surface area contributed by atoms with Crippen molar-refractivity contribution in [3.63, 3.8) is 0 Å². The number of carbonyl (C=O) groups excluding carboxylic acids is 1. The monoisotopic (exact) mass is 324 g/mol. The first-order valence-corrected chi connectivity index (χ1v) is 8.61. The van der Waals surface area contributed by atoms with Gasteiger partial charge in [0.15, 0.2) is 5.78 Å². The molecule has 3 aromatic rings. The lowest BCUT2D eigenvalue weighted by Crippen LogP contribution is -2.03. The predicted octanol–water partition coefficient (Wildman–Crippen LogP) is 3.45. The molecule has 0 saturated heterocycles. The van der Waals surface area contributed by atoms with Gasteiger partial charge in [-0.3, -0.25) is 4.79 Å². The molecule has 0 atom stereocenters. The van der Waals surface area contributed by atoms with Crippen LogP contribution in [-0.2, 0) is 0 Å². The molecular formula is C17H16N4OS. The fourth-order valence-corrected chi connectivity index (χ4v) is 3.16. The van der Waals surface area contributed by atoms with Gasteiger partial charge in [0.25, 0.3) is 0 Å². The molecule has 0 amide bonds. The molecule has 0 radical (unpaired) electrons. The Labute approximate surface area is 138 Å². The number of hydrogen-bond acceptors (Lipinski definition) is 4. The third kappa shape index (κ3) is 3.07. The molecule has 0 spiro atoms. The van der Waals surface area contributed by atoms with E-state index < -0.39 is 0 Å². The van der Waals surface area contributed by atoms with Crippen LogP contribution >= 0.6 is 11.8 Å². The van der Waals surface area contributed by atoms with Crippen molar-refractivity contribution in [1.29, 1.82) is 0 Å².